The van der Waals surface area contributed by atoms with Crippen molar-refractivity contribution in [1.82, 2.24) is 10.2 Å². The van der Waals surface area contributed by atoms with Crippen LogP contribution in [0.15, 0.2) is 48.5 Å². The third kappa shape index (κ3) is 8.66. The average molecular weight is 499 g/mol. The van der Waals surface area contributed by atoms with Gasteiger partial charge in [0.1, 0.15) is 5.41 Å². The first-order valence-corrected chi connectivity index (χ1v) is 12.3. The van der Waals surface area contributed by atoms with E-state index in [0.717, 1.165) is 24.0 Å². The minimum absolute atomic E-state index is 0.143. The Balaban J connectivity index is 1.92. The molecular weight excluding hydrogens is 460 g/mol. The summed E-state index contributed by atoms with van der Waals surface area (Å²) in [6, 6.07) is 14.5. The lowest BCUT2D eigenvalue weighted by Crippen LogP contribution is -2.45. The summed E-state index contributed by atoms with van der Waals surface area (Å²) in [6.07, 6.45) is 2.50. The molecule has 0 spiro atoms. The van der Waals surface area contributed by atoms with Crippen LogP contribution in [0.3, 0.4) is 0 Å². The highest BCUT2D eigenvalue weighted by molar-refractivity contribution is 6.09. The Kier molecular flexibility index (Phi) is 11.4. The molecule has 9 heteroatoms. The molecule has 0 aliphatic carbocycles. The van der Waals surface area contributed by atoms with Crippen LogP contribution in [0, 0.1) is 5.41 Å². The van der Waals surface area contributed by atoms with Gasteiger partial charge in [-0.2, -0.15) is 0 Å². The van der Waals surface area contributed by atoms with Gasteiger partial charge >= 0.3 is 6.03 Å². The third-order valence-electron chi connectivity index (χ3n) is 5.80. The molecule has 0 fully saturated rings. The number of hydrogen-bond acceptors (Lipinski definition) is 5. The predicted molar refractivity (Wildman–Crippen MR) is 141 cm³/mol. The zero-order chi connectivity index (χ0) is 26.6. The molecule has 0 heterocycles. The van der Waals surface area contributed by atoms with E-state index in [1.807, 2.05) is 43.3 Å². The molecule has 0 unspecified atom stereocenters. The lowest BCUT2D eigenvalue weighted by atomic mass is 9.91. The fourth-order valence-electron chi connectivity index (χ4n) is 3.40. The Morgan fingerprint density at radius 3 is 1.78 bits per heavy atom. The molecule has 0 saturated heterocycles. The van der Waals surface area contributed by atoms with Crippen LogP contribution in [-0.2, 0) is 16.0 Å². The number of nitrogens with zero attached hydrogens (tertiary/aromatic N) is 1. The summed E-state index contributed by atoms with van der Waals surface area (Å²) in [6.45, 7) is 5.75. The van der Waals surface area contributed by atoms with Crippen molar-refractivity contribution in [1.29, 1.82) is 0 Å². The van der Waals surface area contributed by atoms with Crippen molar-refractivity contribution in [2.24, 2.45) is 5.41 Å². The molecule has 9 nitrogen and oxygen atoms in total. The number of benzene rings is 2. The van der Waals surface area contributed by atoms with Crippen molar-refractivity contribution in [2.75, 3.05) is 43.5 Å². The molecule has 0 atom stereocenters. The summed E-state index contributed by atoms with van der Waals surface area (Å²) in [7, 11) is 0. The zero-order valence-electron chi connectivity index (χ0n) is 21.3. The maximum Gasteiger partial charge on any atom is 0.321 e. The number of unbranched alkanes of at least 4 members (excludes halogenated alkanes) is 1. The Labute approximate surface area is 212 Å². The van der Waals surface area contributed by atoms with E-state index in [1.165, 1.54) is 4.90 Å². The minimum atomic E-state index is -1.18. The second-order valence-corrected chi connectivity index (χ2v) is 9.12. The number of urea groups is 1. The SMILES string of the molecule is CCCCNC(=O)C(C)(C)C(=O)Nc1ccc(Cc2ccc(NC(=O)N(CCO)CCO)cc2)cc1. The van der Waals surface area contributed by atoms with Crippen molar-refractivity contribution >= 4 is 29.2 Å². The summed E-state index contributed by atoms with van der Waals surface area (Å²) < 4.78 is 0. The molecule has 196 valence electrons. The van der Waals surface area contributed by atoms with Gasteiger partial charge in [-0.1, -0.05) is 37.6 Å². The van der Waals surface area contributed by atoms with E-state index in [1.54, 1.807) is 26.0 Å². The van der Waals surface area contributed by atoms with Crippen LogP contribution in [0.2, 0.25) is 0 Å². The molecule has 0 bridgehead atoms. The van der Waals surface area contributed by atoms with Crippen LogP contribution < -0.4 is 16.0 Å². The van der Waals surface area contributed by atoms with Crippen LogP contribution in [0.5, 0.6) is 0 Å². The van der Waals surface area contributed by atoms with Crippen LogP contribution in [0.25, 0.3) is 0 Å². The van der Waals surface area contributed by atoms with Crippen LogP contribution in [0.1, 0.15) is 44.7 Å². The molecule has 4 amide bonds. The van der Waals surface area contributed by atoms with Crippen molar-refractivity contribution < 1.29 is 24.6 Å². The lowest BCUT2D eigenvalue weighted by molar-refractivity contribution is -0.138. The maximum absolute atomic E-state index is 12.7. The Morgan fingerprint density at radius 2 is 1.31 bits per heavy atom. The average Bonchev–Trinajstić information content (AvgIpc) is 2.86. The largest absolute Gasteiger partial charge is 0.395 e. The lowest BCUT2D eigenvalue weighted by Gasteiger charge is -2.22. The number of carbonyl (C=O) groups is 3. The normalized spacial score (nSPS) is 11.0. The highest BCUT2D eigenvalue weighted by Gasteiger charge is 2.35. The molecule has 2 aromatic carbocycles. The van der Waals surface area contributed by atoms with Crippen molar-refractivity contribution in [3.05, 3.63) is 59.7 Å². The monoisotopic (exact) mass is 498 g/mol. The molecule has 0 radical (unpaired) electrons. The van der Waals surface area contributed by atoms with Gasteiger partial charge in [0, 0.05) is 31.0 Å². The fourth-order valence-corrected chi connectivity index (χ4v) is 3.40. The van der Waals surface area contributed by atoms with E-state index in [9.17, 15) is 14.4 Å². The number of anilines is 2. The van der Waals surface area contributed by atoms with E-state index >= 15 is 0 Å². The van der Waals surface area contributed by atoms with Gasteiger partial charge in [0.2, 0.25) is 11.8 Å². The van der Waals surface area contributed by atoms with Crippen molar-refractivity contribution in [2.45, 2.75) is 40.0 Å². The van der Waals surface area contributed by atoms with Crippen molar-refractivity contribution in [3.8, 4) is 0 Å². The molecule has 0 aliphatic heterocycles. The summed E-state index contributed by atoms with van der Waals surface area (Å²) in [5.41, 5.74) is 2.13. The van der Waals surface area contributed by atoms with Gasteiger partial charge < -0.3 is 31.1 Å². The Bertz CT molecular complexity index is 984. The number of aliphatic hydroxyl groups is 2. The van der Waals surface area contributed by atoms with Gasteiger partial charge in [0.25, 0.3) is 0 Å². The molecule has 0 aromatic heterocycles. The highest BCUT2D eigenvalue weighted by Crippen LogP contribution is 2.21. The van der Waals surface area contributed by atoms with Gasteiger partial charge in [-0.05, 0) is 62.1 Å². The number of nitrogens with one attached hydrogen (secondary N) is 3. The van der Waals surface area contributed by atoms with Crippen LogP contribution in [0.4, 0.5) is 16.2 Å². The Morgan fingerprint density at radius 1 is 0.806 bits per heavy atom. The summed E-state index contributed by atoms with van der Waals surface area (Å²) in [4.78, 5) is 38.7. The molecular formula is C27H38N4O5. The zero-order valence-corrected chi connectivity index (χ0v) is 21.3. The third-order valence-corrected chi connectivity index (χ3v) is 5.80. The Hall–Kier alpha value is -3.43. The second-order valence-electron chi connectivity index (χ2n) is 9.12. The molecule has 0 saturated carbocycles. The number of amides is 4. The van der Waals surface area contributed by atoms with E-state index in [2.05, 4.69) is 16.0 Å². The summed E-state index contributed by atoms with van der Waals surface area (Å²) >= 11 is 0. The molecule has 2 rings (SSSR count). The van der Waals surface area contributed by atoms with Gasteiger partial charge in [-0.25, -0.2) is 4.79 Å². The maximum atomic E-state index is 12.7. The standard InChI is InChI=1S/C27H38N4O5/c1-4-5-14-28-24(34)27(2,3)25(35)29-22-10-6-20(7-11-22)19-21-8-12-23(13-9-21)30-26(36)31(15-17-32)16-18-33/h6-13,32-33H,4-5,14-19H2,1-3H3,(H,28,34)(H,29,35)(H,30,36). The van der Waals surface area contributed by atoms with Gasteiger partial charge in [0.15, 0.2) is 0 Å². The first-order valence-electron chi connectivity index (χ1n) is 12.3. The topological polar surface area (TPSA) is 131 Å². The summed E-state index contributed by atoms with van der Waals surface area (Å²) in [5, 5.41) is 26.5. The molecule has 0 aliphatic rings. The van der Waals surface area contributed by atoms with Crippen LogP contribution >= 0.6 is 0 Å². The molecule has 2 aromatic rings. The predicted octanol–water partition coefficient (Wildman–Crippen LogP) is 2.98. The number of carbonyl (C=O) groups excluding carboxylic acids is 3. The first kappa shape index (κ1) is 28.8. The smallest absolute Gasteiger partial charge is 0.321 e. The molecule has 5 N–H and O–H groups in total. The van der Waals surface area contributed by atoms with E-state index in [4.69, 9.17) is 10.2 Å². The van der Waals surface area contributed by atoms with Gasteiger partial charge in [0.05, 0.1) is 13.2 Å². The van der Waals surface area contributed by atoms with E-state index in [0.29, 0.717) is 24.3 Å². The van der Waals surface area contributed by atoms with Crippen molar-refractivity contribution in [3.63, 3.8) is 0 Å². The van der Waals surface area contributed by atoms with E-state index < -0.39 is 5.41 Å². The number of aliphatic hydroxyl groups excluding tert-OH is 2. The van der Waals surface area contributed by atoms with E-state index in [-0.39, 0.29) is 44.1 Å². The fraction of sp³-hybridized carbons (Fsp3) is 0.444. The highest BCUT2D eigenvalue weighted by atomic mass is 16.3. The second kappa shape index (κ2) is 14.2. The van der Waals surface area contributed by atoms with Gasteiger partial charge in [-0.3, -0.25) is 9.59 Å². The summed E-state index contributed by atoms with van der Waals surface area (Å²) in [5.74, 6) is -0.655. The van der Waals surface area contributed by atoms with Gasteiger partial charge in [-0.15, -0.1) is 0 Å². The minimum Gasteiger partial charge on any atom is -0.395 e. The van der Waals surface area contributed by atoms with Crippen LogP contribution in [-0.4, -0.2) is 65.8 Å². The number of rotatable bonds is 13. The first-order chi connectivity index (χ1) is 17.2. The number of hydrogen-bond donors (Lipinski definition) is 5. The quantitative estimate of drug-likeness (QED) is 0.214. The molecule has 36 heavy (non-hydrogen) atoms.